The molecule has 2 aromatic heterocycles. The van der Waals surface area contributed by atoms with Crippen molar-refractivity contribution in [1.82, 2.24) is 0 Å². The Morgan fingerprint density at radius 3 is 1.74 bits per heavy atom. The molecule has 2 aliphatic rings. The minimum atomic E-state index is -0.450. The summed E-state index contributed by atoms with van der Waals surface area (Å²) in [5.74, 6) is 0. The summed E-state index contributed by atoms with van der Waals surface area (Å²) in [6, 6.07) is 93.4. The summed E-state index contributed by atoms with van der Waals surface area (Å²) in [6.07, 6.45) is 0. The fourth-order valence-electron chi connectivity index (χ4n) is 13.2. The van der Waals surface area contributed by atoms with Crippen LogP contribution < -0.4 is 31.1 Å². The van der Waals surface area contributed by atoms with E-state index in [1.54, 1.807) is 28.0 Å². The van der Waals surface area contributed by atoms with Crippen LogP contribution in [0.5, 0.6) is 0 Å². The van der Waals surface area contributed by atoms with E-state index in [1.807, 2.05) is 66.7 Å². The Balaban J connectivity index is 0.971. The summed E-state index contributed by atoms with van der Waals surface area (Å²) in [5.41, 5.74) is 18.8. The van der Waals surface area contributed by atoms with E-state index < -0.39 is 18.1 Å². The standard InChI is InChI=1S/C79H49BN4OS2/c81-50-51-33-36-59(37-34-51)83(58-27-14-5-15-28-58)60-38-40-66-68(48-60)84(79-62(52-19-6-1-7-20-52)30-18-31-63(79)53-21-8-2-9-22-53)69-46-55(54-35-42-70-65(45-54)76-71(85-70)43-44-73-77(76)64-29-16-17-32-72(64)86-73)47-75-78(69)80(66)67-41-39-61(49-74(67)87-75)82(56-23-10-3-11-24-56)57-25-12-4-13-26-57/h1-49H/i3D,10D,11D,23D,24D. The number of fused-ring (bicyclic) bond motifs is 11. The molecule has 0 saturated carbocycles. The van der Waals surface area contributed by atoms with E-state index in [9.17, 15) is 8.00 Å². The largest absolute Gasteiger partial charge is 0.456 e. The molecule has 0 spiro atoms. The van der Waals surface area contributed by atoms with Crippen LogP contribution in [0.2, 0.25) is 0 Å². The molecule has 15 aromatic rings. The van der Waals surface area contributed by atoms with Crippen LogP contribution in [0.1, 0.15) is 12.4 Å². The molecular weight excluding hydrogens is 1100 g/mol. The number of nitriles is 1. The summed E-state index contributed by atoms with van der Waals surface area (Å²) >= 11 is 3.49. The number of thiophene rings is 1. The Labute approximate surface area is 519 Å². The summed E-state index contributed by atoms with van der Waals surface area (Å²) in [7, 11) is 0. The van der Waals surface area contributed by atoms with Gasteiger partial charge in [0.25, 0.3) is 0 Å². The van der Waals surface area contributed by atoms with E-state index in [2.05, 4.69) is 216 Å². The molecule has 13 aromatic carbocycles. The topological polar surface area (TPSA) is 46.7 Å². The van der Waals surface area contributed by atoms with Crippen LogP contribution in [-0.4, -0.2) is 6.71 Å². The van der Waals surface area contributed by atoms with Crippen molar-refractivity contribution in [2.45, 2.75) is 9.79 Å². The van der Waals surface area contributed by atoms with Crippen molar-refractivity contribution in [3.63, 3.8) is 0 Å². The summed E-state index contributed by atoms with van der Waals surface area (Å²) < 4.78 is 54.1. The maximum Gasteiger partial charge on any atom is 0.249 e. The van der Waals surface area contributed by atoms with Gasteiger partial charge in [0.05, 0.1) is 24.2 Å². The molecule has 0 amide bonds. The fourth-order valence-corrected chi connectivity index (χ4v) is 15.6. The van der Waals surface area contributed by atoms with Gasteiger partial charge in [0, 0.05) is 97.4 Å². The number of hydrogen-bond acceptors (Lipinski definition) is 7. The van der Waals surface area contributed by atoms with Crippen LogP contribution in [0.15, 0.2) is 311 Å². The van der Waals surface area contributed by atoms with Gasteiger partial charge in [-0.3, -0.25) is 0 Å². The molecule has 8 heteroatoms. The van der Waals surface area contributed by atoms with Crippen LogP contribution in [0, 0.1) is 11.3 Å². The van der Waals surface area contributed by atoms with Crippen LogP contribution in [-0.2, 0) is 0 Å². The lowest BCUT2D eigenvalue weighted by atomic mass is 9.34. The van der Waals surface area contributed by atoms with Gasteiger partial charge in [-0.25, -0.2) is 0 Å². The highest BCUT2D eigenvalue weighted by atomic mass is 32.2. The molecule has 0 atom stereocenters. The predicted octanol–water partition coefficient (Wildman–Crippen LogP) is 20.5. The molecule has 0 saturated heterocycles. The number of para-hydroxylation sites is 4. The highest BCUT2D eigenvalue weighted by Crippen LogP contribution is 2.52. The van der Waals surface area contributed by atoms with Gasteiger partial charge in [-0.15, -0.1) is 11.3 Å². The Hall–Kier alpha value is -10.8. The maximum absolute atomic E-state index is 10.0. The number of furan rings is 1. The van der Waals surface area contributed by atoms with E-state index in [4.69, 9.17) is 8.53 Å². The third kappa shape index (κ3) is 8.46. The van der Waals surface area contributed by atoms with Gasteiger partial charge >= 0.3 is 0 Å². The predicted molar refractivity (Wildman–Crippen MR) is 367 cm³/mol. The van der Waals surface area contributed by atoms with Gasteiger partial charge in [-0.2, -0.15) is 5.26 Å². The van der Waals surface area contributed by atoms with Crippen molar-refractivity contribution in [2.75, 3.05) is 14.7 Å². The molecule has 87 heavy (non-hydrogen) atoms. The van der Waals surface area contributed by atoms with Crippen molar-refractivity contribution in [2.24, 2.45) is 0 Å². The molecule has 17 rings (SSSR count). The van der Waals surface area contributed by atoms with Crippen molar-refractivity contribution >= 4 is 139 Å². The SMILES string of the molecule is [2H]c1c([2H])c([2H])c(N(c2ccccc2)c2ccc3c(c2)Sc2cc(-c4ccc5oc6ccc7sc8ccccc8c7c6c5c4)cc4c2B3c2ccc(N(c3ccccc3)c3ccc(C#N)cc3)cc2N4c2c(-c3ccccc3)cccc2-c2ccccc2)c([2H])c1[2H]. The summed E-state index contributed by atoms with van der Waals surface area (Å²) in [4.78, 5) is 8.58. The van der Waals surface area contributed by atoms with Crippen LogP contribution in [0.3, 0.4) is 0 Å². The Bertz CT molecular complexity index is 5460. The second-order valence-corrected chi connectivity index (χ2v) is 24.0. The molecule has 0 unspecified atom stereocenters. The first-order chi connectivity index (χ1) is 45.2. The summed E-state index contributed by atoms with van der Waals surface area (Å²) in [5, 5.41) is 14.5. The monoisotopic (exact) mass is 1150 g/mol. The van der Waals surface area contributed by atoms with E-state index in [1.165, 1.54) is 20.2 Å². The van der Waals surface area contributed by atoms with E-state index in [0.29, 0.717) is 16.9 Å². The van der Waals surface area contributed by atoms with Gasteiger partial charge in [0.15, 0.2) is 0 Å². The average molecular weight is 1150 g/mol. The van der Waals surface area contributed by atoms with E-state index >= 15 is 0 Å². The van der Waals surface area contributed by atoms with Crippen molar-refractivity contribution in [1.29, 1.82) is 5.26 Å². The third-order valence-electron chi connectivity index (χ3n) is 17.0. The molecule has 406 valence electrons. The molecule has 0 aliphatic carbocycles. The van der Waals surface area contributed by atoms with Crippen LogP contribution in [0.25, 0.3) is 75.5 Å². The lowest BCUT2D eigenvalue weighted by Crippen LogP contribution is -2.60. The fraction of sp³-hybridized carbons (Fsp3) is 0. The second kappa shape index (κ2) is 20.8. The third-order valence-corrected chi connectivity index (χ3v) is 19.3. The van der Waals surface area contributed by atoms with Crippen molar-refractivity contribution < 1.29 is 11.3 Å². The first-order valence-corrected chi connectivity index (χ1v) is 30.5. The highest BCUT2D eigenvalue weighted by molar-refractivity contribution is 8.00. The zero-order valence-corrected chi connectivity index (χ0v) is 48.1. The number of benzene rings is 13. The molecule has 0 bridgehead atoms. The van der Waals surface area contributed by atoms with Gasteiger partial charge in [0.2, 0.25) is 6.71 Å². The number of anilines is 9. The molecule has 4 heterocycles. The highest BCUT2D eigenvalue weighted by Gasteiger charge is 2.43. The molecule has 5 nitrogen and oxygen atoms in total. The smallest absolute Gasteiger partial charge is 0.249 e. The number of hydrogen-bond donors (Lipinski definition) is 0. The molecular formula is C79H49BN4OS2. The number of nitrogens with zero attached hydrogens (tertiary/aromatic N) is 4. The first kappa shape index (κ1) is 45.6. The zero-order chi connectivity index (χ0) is 61.9. The molecule has 0 N–H and O–H groups in total. The number of rotatable bonds is 10. The minimum absolute atomic E-state index is 0.0607. The maximum atomic E-state index is 10.0. The molecule has 2 aliphatic heterocycles. The molecule has 0 fully saturated rings. The lowest BCUT2D eigenvalue weighted by Gasteiger charge is -2.42. The zero-order valence-electron chi connectivity index (χ0n) is 51.5. The average Bonchev–Trinajstić information content (AvgIpc) is 0.805. The van der Waals surface area contributed by atoms with Crippen LogP contribution in [0.4, 0.5) is 51.2 Å². The quantitative estimate of drug-likeness (QED) is 0.127. The summed E-state index contributed by atoms with van der Waals surface area (Å²) in [6.45, 7) is -0.324. The van der Waals surface area contributed by atoms with Crippen LogP contribution >= 0.6 is 23.1 Å². The minimum Gasteiger partial charge on any atom is -0.456 e. The van der Waals surface area contributed by atoms with Crippen molar-refractivity contribution in [3.8, 4) is 39.4 Å². The van der Waals surface area contributed by atoms with Gasteiger partial charge in [-0.05, 0) is 161 Å². The molecule has 0 radical (unpaired) electrons. The second-order valence-electron chi connectivity index (χ2n) is 21.9. The van der Waals surface area contributed by atoms with E-state index in [0.717, 1.165) is 116 Å². The Morgan fingerprint density at radius 2 is 1.03 bits per heavy atom. The van der Waals surface area contributed by atoms with Gasteiger partial charge in [-0.1, -0.05) is 187 Å². The lowest BCUT2D eigenvalue weighted by molar-refractivity contribution is 0.669. The normalized spacial score (nSPS) is 13.1. The van der Waals surface area contributed by atoms with Gasteiger partial charge in [0.1, 0.15) is 11.2 Å². The Morgan fingerprint density at radius 1 is 0.425 bits per heavy atom. The van der Waals surface area contributed by atoms with E-state index in [-0.39, 0.29) is 24.5 Å². The van der Waals surface area contributed by atoms with Gasteiger partial charge < -0.3 is 19.1 Å². The Kier molecular flexibility index (Phi) is 10.9. The van der Waals surface area contributed by atoms with Crippen molar-refractivity contribution in [3.05, 3.63) is 303 Å². The first-order valence-electron chi connectivity index (χ1n) is 31.4.